The van der Waals surface area contributed by atoms with Crippen molar-refractivity contribution in [3.05, 3.63) is 78.0 Å². The van der Waals surface area contributed by atoms with E-state index in [4.69, 9.17) is 15.2 Å². The molecule has 0 bridgehead atoms. The maximum atomic E-state index is 12.1. The van der Waals surface area contributed by atoms with Gasteiger partial charge >= 0.3 is 5.97 Å². The number of aromatic carboxylic acids is 1. The molecule has 0 fully saturated rings. The van der Waals surface area contributed by atoms with Gasteiger partial charge in [-0.2, -0.15) is 0 Å². The number of nitrogens with two attached hydrogens (primary N) is 1. The van der Waals surface area contributed by atoms with Gasteiger partial charge in [0.15, 0.2) is 0 Å². The number of benzene rings is 3. The molecular formula is C25H21N3O5. The minimum absolute atomic E-state index is 0.118. The van der Waals surface area contributed by atoms with Crippen molar-refractivity contribution in [2.75, 3.05) is 19.5 Å². The molecule has 0 unspecified atom stereocenters. The van der Waals surface area contributed by atoms with Gasteiger partial charge in [-0.25, -0.2) is 4.79 Å². The van der Waals surface area contributed by atoms with Gasteiger partial charge in [-0.05, 0) is 42.0 Å². The van der Waals surface area contributed by atoms with E-state index in [0.717, 1.165) is 11.1 Å². The summed E-state index contributed by atoms with van der Waals surface area (Å²) >= 11 is 0. The summed E-state index contributed by atoms with van der Waals surface area (Å²) in [5.41, 5.74) is 9.18. The first-order valence-corrected chi connectivity index (χ1v) is 9.96. The quantitative estimate of drug-likeness (QED) is 0.385. The molecule has 0 saturated carbocycles. The lowest BCUT2D eigenvalue weighted by Crippen LogP contribution is -2.14. The second kappa shape index (κ2) is 8.88. The van der Waals surface area contributed by atoms with Gasteiger partial charge in [-0.1, -0.05) is 18.2 Å². The normalized spacial score (nSPS) is 10.6. The zero-order valence-corrected chi connectivity index (χ0v) is 18.0. The molecule has 1 amide bonds. The molecule has 0 spiro atoms. The van der Waals surface area contributed by atoms with Crippen LogP contribution in [-0.2, 0) is 0 Å². The lowest BCUT2D eigenvalue weighted by molar-refractivity contribution is 0.0696. The van der Waals surface area contributed by atoms with Gasteiger partial charge in [-0.3, -0.25) is 9.78 Å². The van der Waals surface area contributed by atoms with Crippen LogP contribution in [0, 0.1) is 0 Å². The zero-order chi connectivity index (χ0) is 23.5. The van der Waals surface area contributed by atoms with Crippen LogP contribution >= 0.6 is 0 Å². The summed E-state index contributed by atoms with van der Waals surface area (Å²) in [4.78, 5) is 27.8. The number of pyridine rings is 1. The van der Waals surface area contributed by atoms with Gasteiger partial charge in [0.25, 0.3) is 5.91 Å². The molecular weight excluding hydrogens is 422 g/mol. The lowest BCUT2D eigenvalue weighted by Gasteiger charge is -2.15. The highest BCUT2D eigenvalue weighted by molar-refractivity contribution is 6.08. The Morgan fingerprint density at radius 2 is 1.82 bits per heavy atom. The summed E-state index contributed by atoms with van der Waals surface area (Å²) in [6, 6.07) is 17.4. The van der Waals surface area contributed by atoms with Crippen LogP contribution in [0.15, 0.2) is 66.9 Å². The van der Waals surface area contributed by atoms with Crippen molar-refractivity contribution >= 4 is 34.2 Å². The highest BCUT2D eigenvalue weighted by atomic mass is 16.5. The van der Waals surface area contributed by atoms with E-state index in [0.29, 0.717) is 33.8 Å². The van der Waals surface area contributed by atoms with E-state index in [2.05, 4.69) is 10.3 Å². The number of primary amides is 1. The van der Waals surface area contributed by atoms with E-state index in [9.17, 15) is 14.7 Å². The van der Waals surface area contributed by atoms with Gasteiger partial charge in [0.05, 0.1) is 36.6 Å². The number of nitrogens with zero attached hydrogens (tertiary/aromatic N) is 1. The van der Waals surface area contributed by atoms with Crippen LogP contribution in [0.5, 0.6) is 11.5 Å². The topological polar surface area (TPSA) is 124 Å². The Labute approximate surface area is 189 Å². The first-order chi connectivity index (χ1) is 15.9. The third kappa shape index (κ3) is 4.27. The molecule has 3 aromatic carbocycles. The molecule has 1 aromatic heterocycles. The number of fused-ring (bicyclic) bond motifs is 1. The molecule has 0 radical (unpaired) electrons. The summed E-state index contributed by atoms with van der Waals surface area (Å²) in [5, 5.41) is 13.1. The number of carboxylic acids is 1. The Morgan fingerprint density at radius 3 is 2.52 bits per heavy atom. The van der Waals surface area contributed by atoms with Crippen molar-refractivity contribution in [3.8, 4) is 22.6 Å². The van der Waals surface area contributed by atoms with Crippen LogP contribution < -0.4 is 20.5 Å². The maximum absolute atomic E-state index is 12.1. The summed E-state index contributed by atoms with van der Waals surface area (Å²) < 4.78 is 10.8. The fourth-order valence-corrected chi connectivity index (χ4v) is 3.59. The third-order valence-electron chi connectivity index (χ3n) is 5.23. The molecule has 8 heteroatoms. The Bertz CT molecular complexity index is 1380. The second-order valence-electron chi connectivity index (χ2n) is 7.22. The number of hydrogen-bond acceptors (Lipinski definition) is 6. The van der Waals surface area contributed by atoms with Gasteiger partial charge in [0.1, 0.15) is 11.5 Å². The number of carbonyl (C=O) groups is 2. The largest absolute Gasteiger partial charge is 0.497 e. The molecule has 4 rings (SSSR count). The monoisotopic (exact) mass is 443 g/mol. The Balaban J connectivity index is 1.84. The van der Waals surface area contributed by atoms with Crippen molar-refractivity contribution in [3.63, 3.8) is 0 Å². The smallest absolute Gasteiger partial charge is 0.335 e. The average Bonchev–Trinajstić information content (AvgIpc) is 2.83. The number of hydrogen-bond donors (Lipinski definition) is 3. The minimum Gasteiger partial charge on any atom is -0.497 e. The standard InChI is InChI=1S/C25H21N3O5/c1-32-17-7-9-18(22(12-17)33-2)14-6-8-19-21(11-14)27-13-20(24(26)29)23(19)28-16-5-3-4-15(10-16)25(30)31/h3-13H,1-2H3,(H2,26,29)(H,27,28)(H,30,31). The molecule has 33 heavy (non-hydrogen) atoms. The molecule has 166 valence electrons. The summed E-state index contributed by atoms with van der Waals surface area (Å²) in [6.07, 6.45) is 1.41. The number of amides is 1. The Kier molecular flexibility index (Phi) is 5.82. The number of rotatable bonds is 7. The first-order valence-electron chi connectivity index (χ1n) is 9.96. The maximum Gasteiger partial charge on any atom is 0.335 e. The Morgan fingerprint density at radius 1 is 1.00 bits per heavy atom. The lowest BCUT2D eigenvalue weighted by atomic mass is 10.0. The van der Waals surface area contributed by atoms with Crippen LogP contribution in [0.25, 0.3) is 22.0 Å². The molecule has 0 atom stereocenters. The first kappa shape index (κ1) is 21.6. The fourth-order valence-electron chi connectivity index (χ4n) is 3.59. The van der Waals surface area contributed by atoms with Crippen molar-refractivity contribution in [1.82, 2.24) is 4.98 Å². The van der Waals surface area contributed by atoms with Crippen molar-refractivity contribution < 1.29 is 24.2 Å². The van der Waals surface area contributed by atoms with Crippen molar-refractivity contribution in [2.24, 2.45) is 5.73 Å². The van der Waals surface area contributed by atoms with Crippen LogP contribution in [0.1, 0.15) is 20.7 Å². The number of anilines is 2. The molecule has 0 aliphatic carbocycles. The molecule has 8 nitrogen and oxygen atoms in total. The molecule has 0 aliphatic rings. The fraction of sp³-hybridized carbons (Fsp3) is 0.0800. The Hall–Kier alpha value is -4.59. The number of nitrogens with one attached hydrogen (secondary N) is 1. The van der Waals surface area contributed by atoms with Gasteiger partial charge in [0, 0.05) is 28.9 Å². The zero-order valence-electron chi connectivity index (χ0n) is 18.0. The minimum atomic E-state index is -1.05. The molecule has 0 aliphatic heterocycles. The molecule has 4 N–H and O–H groups in total. The number of ether oxygens (including phenoxy) is 2. The predicted molar refractivity (Wildman–Crippen MR) is 125 cm³/mol. The van der Waals surface area contributed by atoms with E-state index in [1.807, 2.05) is 30.3 Å². The van der Waals surface area contributed by atoms with E-state index in [-0.39, 0.29) is 11.1 Å². The number of carbonyl (C=O) groups excluding carboxylic acids is 1. The number of carboxylic acid groups (broad SMARTS) is 1. The van der Waals surface area contributed by atoms with Crippen LogP contribution in [0.4, 0.5) is 11.4 Å². The summed E-state index contributed by atoms with van der Waals surface area (Å²) in [5.74, 6) is -0.379. The number of methoxy groups -OCH3 is 2. The second-order valence-corrected chi connectivity index (χ2v) is 7.22. The van der Waals surface area contributed by atoms with Gasteiger partial charge in [0.2, 0.25) is 0 Å². The van der Waals surface area contributed by atoms with Gasteiger partial charge in [-0.15, -0.1) is 0 Å². The summed E-state index contributed by atoms with van der Waals surface area (Å²) in [6.45, 7) is 0. The van der Waals surface area contributed by atoms with Crippen molar-refractivity contribution in [1.29, 1.82) is 0 Å². The van der Waals surface area contributed by atoms with Crippen LogP contribution in [0.2, 0.25) is 0 Å². The molecule has 4 aromatic rings. The summed E-state index contributed by atoms with van der Waals surface area (Å²) in [7, 11) is 3.18. The van der Waals surface area contributed by atoms with Crippen molar-refractivity contribution in [2.45, 2.75) is 0 Å². The molecule has 0 saturated heterocycles. The third-order valence-corrected chi connectivity index (χ3v) is 5.23. The predicted octanol–water partition coefficient (Wildman–Crippen LogP) is 4.46. The van der Waals surface area contributed by atoms with Gasteiger partial charge < -0.3 is 25.6 Å². The highest BCUT2D eigenvalue weighted by Gasteiger charge is 2.16. The molecule has 1 heterocycles. The van der Waals surface area contributed by atoms with Crippen LogP contribution in [0.3, 0.4) is 0 Å². The average molecular weight is 443 g/mol. The SMILES string of the molecule is COc1ccc(-c2ccc3c(Nc4cccc(C(=O)O)c4)c(C(N)=O)cnc3c2)c(OC)c1. The van der Waals surface area contributed by atoms with Crippen LogP contribution in [-0.4, -0.2) is 36.2 Å². The van der Waals surface area contributed by atoms with E-state index in [1.165, 1.54) is 18.3 Å². The number of aromatic nitrogens is 1. The van der Waals surface area contributed by atoms with E-state index in [1.54, 1.807) is 32.4 Å². The highest BCUT2D eigenvalue weighted by Crippen LogP contribution is 2.36. The van der Waals surface area contributed by atoms with E-state index < -0.39 is 11.9 Å². The van der Waals surface area contributed by atoms with E-state index >= 15 is 0 Å².